The predicted octanol–water partition coefficient (Wildman–Crippen LogP) is 5.39. The molecule has 2 N–H and O–H groups in total. The van der Waals surface area contributed by atoms with Crippen LogP contribution in [0.4, 0.5) is 33.1 Å². The van der Waals surface area contributed by atoms with E-state index in [0.717, 1.165) is 37.4 Å². The van der Waals surface area contributed by atoms with E-state index >= 15 is 0 Å². The highest BCUT2D eigenvalue weighted by molar-refractivity contribution is 6.02. The molecule has 12 heteroatoms. The van der Waals surface area contributed by atoms with E-state index in [4.69, 9.17) is 14.0 Å². The fourth-order valence-corrected chi connectivity index (χ4v) is 5.49. The molecule has 228 valence electrons. The smallest absolute Gasteiger partial charge is 0.247 e. The summed E-state index contributed by atoms with van der Waals surface area (Å²) < 4.78 is 25.9. The SMILES string of the molecule is C=CC(=O)Nc1cc(Nc2cc(N3OCC[C@@H]3c3cc(F)cc(-c4ccco4)c3)ncn2)c(OC)cc1N1CCN(C)CC1. The number of piperazine rings is 1. The van der Waals surface area contributed by atoms with Gasteiger partial charge in [-0.3, -0.25) is 9.63 Å². The van der Waals surface area contributed by atoms with E-state index in [1.54, 1.807) is 36.6 Å². The quantitative estimate of drug-likeness (QED) is 0.243. The molecule has 44 heavy (non-hydrogen) atoms. The van der Waals surface area contributed by atoms with Crippen LogP contribution in [0, 0.1) is 5.82 Å². The van der Waals surface area contributed by atoms with Crippen molar-refractivity contribution in [2.75, 3.05) is 67.5 Å². The van der Waals surface area contributed by atoms with E-state index in [0.29, 0.717) is 53.1 Å². The van der Waals surface area contributed by atoms with Gasteiger partial charge in [-0.15, -0.1) is 0 Å². The Kier molecular flexibility index (Phi) is 8.44. The fourth-order valence-electron chi connectivity index (χ4n) is 5.49. The molecule has 0 aliphatic carbocycles. The predicted molar refractivity (Wildman–Crippen MR) is 167 cm³/mol. The summed E-state index contributed by atoms with van der Waals surface area (Å²) >= 11 is 0. The van der Waals surface area contributed by atoms with Crippen LogP contribution in [0.1, 0.15) is 18.0 Å². The van der Waals surface area contributed by atoms with E-state index in [2.05, 4.69) is 44.0 Å². The zero-order valence-electron chi connectivity index (χ0n) is 24.6. The standard InChI is InChI=1S/C32H34FN7O4/c1-4-32(41)37-24-17-25(29(42-3)18-27(24)39-10-8-38(2)9-11-39)36-30-19-31(35-20-34-30)40-26(7-13-44-40)21-14-22(16-23(33)15-21)28-6-5-12-43-28/h4-6,12,14-20,26H,1,7-11,13H2,2-3H3,(H,37,41)(H,34,35,36)/t26-/m1/s1. The highest BCUT2D eigenvalue weighted by atomic mass is 19.1. The van der Waals surface area contributed by atoms with Gasteiger partial charge in [0, 0.05) is 50.3 Å². The molecule has 2 aromatic heterocycles. The third-order valence-corrected chi connectivity index (χ3v) is 7.76. The van der Waals surface area contributed by atoms with Gasteiger partial charge in [-0.25, -0.2) is 19.4 Å². The maximum absolute atomic E-state index is 14.7. The molecule has 2 aliphatic heterocycles. The Hall–Kier alpha value is -4.94. The second kappa shape index (κ2) is 12.7. The maximum Gasteiger partial charge on any atom is 0.247 e. The van der Waals surface area contributed by atoms with Crippen molar-refractivity contribution in [1.29, 1.82) is 0 Å². The first kappa shape index (κ1) is 29.1. The molecule has 11 nitrogen and oxygen atoms in total. The number of likely N-dealkylation sites (N-methyl/N-ethyl adjacent to an activating group) is 1. The molecular formula is C32H34FN7O4. The number of amides is 1. The lowest BCUT2D eigenvalue weighted by Gasteiger charge is -2.35. The van der Waals surface area contributed by atoms with Gasteiger partial charge in [0.15, 0.2) is 5.82 Å². The number of halogens is 1. The average Bonchev–Trinajstić information content (AvgIpc) is 3.75. The van der Waals surface area contributed by atoms with E-state index in [-0.39, 0.29) is 17.8 Å². The number of aromatic nitrogens is 2. The Morgan fingerprint density at radius 2 is 1.95 bits per heavy atom. The molecule has 2 aliphatic rings. The molecule has 0 saturated carbocycles. The summed E-state index contributed by atoms with van der Waals surface area (Å²) in [5.74, 6) is 1.47. The van der Waals surface area contributed by atoms with Crippen LogP contribution in [0.15, 0.2) is 78.2 Å². The van der Waals surface area contributed by atoms with Crippen LogP contribution in [0.25, 0.3) is 11.3 Å². The van der Waals surface area contributed by atoms with Crippen molar-refractivity contribution in [3.05, 3.63) is 85.2 Å². The van der Waals surface area contributed by atoms with Gasteiger partial charge in [0.05, 0.1) is 43.1 Å². The molecule has 1 atom stereocenters. The number of hydrogen-bond donors (Lipinski definition) is 2. The van der Waals surface area contributed by atoms with Gasteiger partial charge in [0.2, 0.25) is 5.91 Å². The fraction of sp³-hybridized carbons (Fsp3) is 0.281. The minimum absolute atomic E-state index is 0.278. The summed E-state index contributed by atoms with van der Waals surface area (Å²) in [5.41, 5.74) is 3.47. The van der Waals surface area contributed by atoms with Crippen LogP contribution < -0.4 is 25.3 Å². The first-order valence-corrected chi connectivity index (χ1v) is 14.4. The van der Waals surface area contributed by atoms with Crippen LogP contribution in [0.5, 0.6) is 5.75 Å². The number of hydrogen-bond acceptors (Lipinski definition) is 10. The van der Waals surface area contributed by atoms with Gasteiger partial charge in [-0.1, -0.05) is 6.58 Å². The van der Waals surface area contributed by atoms with Crippen molar-refractivity contribution in [1.82, 2.24) is 14.9 Å². The Labute approximate surface area is 254 Å². The van der Waals surface area contributed by atoms with E-state index < -0.39 is 0 Å². The summed E-state index contributed by atoms with van der Waals surface area (Å²) in [7, 11) is 3.69. The number of nitrogens with zero attached hydrogens (tertiary/aromatic N) is 5. The Morgan fingerprint density at radius 1 is 1.11 bits per heavy atom. The monoisotopic (exact) mass is 599 g/mol. The number of carbonyl (C=O) groups is 1. The largest absolute Gasteiger partial charge is 0.494 e. The number of nitrogens with one attached hydrogen (secondary N) is 2. The first-order valence-electron chi connectivity index (χ1n) is 14.4. The average molecular weight is 600 g/mol. The molecule has 0 bridgehead atoms. The minimum Gasteiger partial charge on any atom is -0.494 e. The number of anilines is 5. The van der Waals surface area contributed by atoms with Crippen molar-refractivity contribution in [2.45, 2.75) is 12.5 Å². The Bertz CT molecular complexity index is 1640. The second-order valence-electron chi connectivity index (χ2n) is 10.7. The Morgan fingerprint density at radius 3 is 2.70 bits per heavy atom. The van der Waals surface area contributed by atoms with Gasteiger partial charge in [0.25, 0.3) is 0 Å². The number of ether oxygens (including phenoxy) is 1. The van der Waals surface area contributed by atoms with Crippen molar-refractivity contribution in [3.63, 3.8) is 0 Å². The zero-order valence-corrected chi connectivity index (χ0v) is 24.6. The third-order valence-electron chi connectivity index (χ3n) is 7.76. The van der Waals surface area contributed by atoms with Crippen molar-refractivity contribution in [2.24, 2.45) is 0 Å². The summed E-state index contributed by atoms with van der Waals surface area (Å²) in [6.07, 6.45) is 4.87. The molecule has 0 spiro atoms. The van der Waals surface area contributed by atoms with Crippen LogP contribution in [0.3, 0.4) is 0 Å². The first-order chi connectivity index (χ1) is 21.4. The molecule has 6 rings (SSSR count). The van der Waals surface area contributed by atoms with Crippen molar-refractivity contribution in [3.8, 4) is 17.1 Å². The van der Waals surface area contributed by atoms with Crippen LogP contribution in [-0.2, 0) is 9.63 Å². The number of carbonyl (C=O) groups excluding carboxylic acids is 1. The number of rotatable bonds is 9. The van der Waals surface area contributed by atoms with E-state index in [1.807, 2.05) is 18.2 Å². The normalized spacial score (nSPS) is 17.0. The molecule has 0 unspecified atom stereocenters. The lowest BCUT2D eigenvalue weighted by Crippen LogP contribution is -2.44. The molecule has 4 aromatic rings. The number of furan rings is 1. The highest BCUT2D eigenvalue weighted by Crippen LogP contribution is 2.40. The summed E-state index contributed by atoms with van der Waals surface area (Å²) in [6, 6.07) is 13.6. The molecule has 4 heterocycles. The van der Waals surface area contributed by atoms with Crippen LogP contribution >= 0.6 is 0 Å². The Balaban J connectivity index is 1.29. The van der Waals surface area contributed by atoms with Crippen LogP contribution in [-0.4, -0.2) is 67.7 Å². The van der Waals surface area contributed by atoms with Crippen LogP contribution in [0.2, 0.25) is 0 Å². The summed E-state index contributed by atoms with van der Waals surface area (Å²) in [4.78, 5) is 31.7. The molecule has 2 saturated heterocycles. The number of benzene rings is 2. The summed E-state index contributed by atoms with van der Waals surface area (Å²) in [5, 5.41) is 7.93. The topological polar surface area (TPSA) is 108 Å². The third kappa shape index (κ3) is 6.21. The number of methoxy groups -OCH3 is 1. The zero-order chi connectivity index (χ0) is 30.6. The summed E-state index contributed by atoms with van der Waals surface area (Å²) in [6.45, 7) is 7.47. The minimum atomic E-state index is -0.364. The van der Waals surface area contributed by atoms with Crippen molar-refractivity contribution < 1.29 is 23.2 Å². The van der Waals surface area contributed by atoms with E-state index in [1.165, 1.54) is 24.5 Å². The van der Waals surface area contributed by atoms with Gasteiger partial charge in [-0.05, 0) is 55.1 Å². The van der Waals surface area contributed by atoms with Gasteiger partial charge in [-0.2, -0.15) is 0 Å². The van der Waals surface area contributed by atoms with Gasteiger partial charge >= 0.3 is 0 Å². The van der Waals surface area contributed by atoms with E-state index in [9.17, 15) is 9.18 Å². The highest BCUT2D eigenvalue weighted by Gasteiger charge is 2.30. The molecule has 0 radical (unpaired) electrons. The number of hydroxylamine groups is 1. The van der Waals surface area contributed by atoms with Gasteiger partial charge < -0.3 is 29.6 Å². The maximum atomic E-state index is 14.7. The second-order valence-corrected chi connectivity index (χ2v) is 10.7. The molecule has 2 fully saturated rings. The van der Waals surface area contributed by atoms with Crippen molar-refractivity contribution >= 4 is 34.6 Å². The lowest BCUT2D eigenvalue weighted by atomic mass is 10.0. The molecular weight excluding hydrogens is 565 g/mol. The molecule has 1 amide bonds. The molecule has 2 aromatic carbocycles. The lowest BCUT2D eigenvalue weighted by molar-refractivity contribution is -0.111. The van der Waals surface area contributed by atoms with Gasteiger partial charge in [0.1, 0.15) is 29.5 Å².